The SMILES string of the molecule is CN(Cc1ccccc1)c1nccc(Nc2ccc(C(F)(F)F)cc2)n1. The maximum atomic E-state index is 12.6. The lowest BCUT2D eigenvalue weighted by molar-refractivity contribution is -0.137. The Balaban J connectivity index is 1.71. The van der Waals surface area contributed by atoms with Gasteiger partial charge in [-0.3, -0.25) is 0 Å². The first kappa shape index (κ1) is 17.7. The van der Waals surface area contributed by atoms with Gasteiger partial charge in [0.1, 0.15) is 5.82 Å². The molecule has 0 saturated carbocycles. The Kier molecular flexibility index (Phi) is 5.06. The van der Waals surface area contributed by atoms with Crippen LogP contribution >= 0.6 is 0 Å². The van der Waals surface area contributed by atoms with Crippen LogP contribution in [-0.4, -0.2) is 17.0 Å². The molecule has 0 unspecified atom stereocenters. The highest BCUT2D eigenvalue weighted by molar-refractivity contribution is 5.57. The quantitative estimate of drug-likeness (QED) is 0.706. The van der Waals surface area contributed by atoms with Crippen LogP contribution in [0.25, 0.3) is 0 Å². The van der Waals surface area contributed by atoms with Crippen LogP contribution in [0.3, 0.4) is 0 Å². The van der Waals surface area contributed by atoms with Gasteiger partial charge in [0.15, 0.2) is 0 Å². The van der Waals surface area contributed by atoms with E-state index in [1.165, 1.54) is 12.1 Å². The third-order valence-electron chi connectivity index (χ3n) is 3.73. The number of halogens is 3. The van der Waals surface area contributed by atoms with E-state index in [-0.39, 0.29) is 0 Å². The molecule has 0 aliphatic heterocycles. The number of benzene rings is 2. The van der Waals surface area contributed by atoms with Crippen LogP contribution in [0.2, 0.25) is 0 Å². The van der Waals surface area contributed by atoms with Crippen molar-refractivity contribution in [2.45, 2.75) is 12.7 Å². The minimum absolute atomic E-state index is 0.509. The Morgan fingerprint density at radius 1 is 0.962 bits per heavy atom. The van der Waals surface area contributed by atoms with Gasteiger partial charge in [-0.25, -0.2) is 4.98 Å². The highest BCUT2D eigenvalue weighted by atomic mass is 19.4. The third kappa shape index (κ3) is 4.50. The number of nitrogens with one attached hydrogen (secondary N) is 1. The van der Waals surface area contributed by atoms with Crippen molar-refractivity contribution in [3.05, 3.63) is 78.0 Å². The number of alkyl halides is 3. The number of rotatable bonds is 5. The number of aromatic nitrogens is 2. The van der Waals surface area contributed by atoms with Crippen LogP contribution in [-0.2, 0) is 12.7 Å². The smallest absolute Gasteiger partial charge is 0.340 e. The highest BCUT2D eigenvalue weighted by Crippen LogP contribution is 2.30. The molecule has 0 bridgehead atoms. The van der Waals surface area contributed by atoms with Crippen molar-refractivity contribution < 1.29 is 13.2 Å². The minimum atomic E-state index is -4.35. The monoisotopic (exact) mass is 358 g/mol. The van der Waals surface area contributed by atoms with Crippen molar-refractivity contribution in [2.24, 2.45) is 0 Å². The van der Waals surface area contributed by atoms with Crippen molar-refractivity contribution in [3.8, 4) is 0 Å². The van der Waals surface area contributed by atoms with Crippen LogP contribution in [0.5, 0.6) is 0 Å². The Morgan fingerprint density at radius 2 is 1.65 bits per heavy atom. The Morgan fingerprint density at radius 3 is 2.31 bits per heavy atom. The molecule has 134 valence electrons. The van der Waals surface area contributed by atoms with Crippen LogP contribution in [0, 0.1) is 0 Å². The minimum Gasteiger partial charge on any atom is -0.340 e. The van der Waals surface area contributed by atoms with Crippen molar-refractivity contribution >= 4 is 17.5 Å². The van der Waals surface area contributed by atoms with Gasteiger partial charge in [0, 0.05) is 25.5 Å². The van der Waals surface area contributed by atoms with Crippen molar-refractivity contribution in [2.75, 3.05) is 17.3 Å². The predicted molar refractivity (Wildman–Crippen MR) is 95.3 cm³/mol. The molecule has 0 aliphatic carbocycles. The topological polar surface area (TPSA) is 41.1 Å². The van der Waals surface area contributed by atoms with Gasteiger partial charge in [0.25, 0.3) is 0 Å². The summed E-state index contributed by atoms with van der Waals surface area (Å²) in [5, 5.41) is 3.00. The Bertz CT molecular complexity index is 849. The molecule has 0 atom stereocenters. The van der Waals surface area contributed by atoms with Gasteiger partial charge < -0.3 is 10.2 Å². The lowest BCUT2D eigenvalue weighted by Crippen LogP contribution is -2.19. The second-order valence-electron chi connectivity index (χ2n) is 5.78. The summed E-state index contributed by atoms with van der Waals surface area (Å²) in [6, 6.07) is 16.4. The van der Waals surface area contributed by atoms with E-state index in [1.54, 1.807) is 12.3 Å². The molecule has 1 aromatic heterocycles. The lowest BCUT2D eigenvalue weighted by atomic mass is 10.2. The van der Waals surface area contributed by atoms with Gasteiger partial charge in [-0.2, -0.15) is 18.2 Å². The molecule has 0 aliphatic rings. The second-order valence-corrected chi connectivity index (χ2v) is 5.78. The number of hydrogen-bond acceptors (Lipinski definition) is 4. The van der Waals surface area contributed by atoms with E-state index < -0.39 is 11.7 Å². The van der Waals surface area contributed by atoms with Crippen molar-refractivity contribution in [3.63, 3.8) is 0 Å². The van der Waals surface area contributed by atoms with Gasteiger partial charge in [-0.05, 0) is 35.9 Å². The average molecular weight is 358 g/mol. The second kappa shape index (κ2) is 7.43. The van der Waals surface area contributed by atoms with Gasteiger partial charge in [-0.1, -0.05) is 30.3 Å². The van der Waals surface area contributed by atoms with Gasteiger partial charge in [0.2, 0.25) is 5.95 Å². The molecule has 26 heavy (non-hydrogen) atoms. The molecule has 0 spiro atoms. The summed E-state index contributed by atoms with van der Waals surface area (Å²) in [7, 11) is 1.88. The van der Waals surface area contributed by atoms with E-state index in [4.69, 9.17) is 0 Å². The fraction of sp³-hybridized carbons (Fsp3) is 0.158. The van der Waals surface area contributed by atoms with E-state index in [1.807, 2.05) is 42.3 Å². The highest BCUT2D eigenvalue weighted by Gasteiger charge is 2.29. The zero-order valence-electron chi connectivity index (χ0n) is 14.0. The van der Waals surface area contributed by atoms with Crippen molar-refractivity contribution in [1.29, 1.82) is 0 Å². The largest absolute Gasteiger partial charge is 0.416 e. The number of hydrogen-bond donors (Lipinski definition) is 1. The maximum Gasteiger partial charge on any atom is 0.416 e. The fourth-order valence-corrected chi connectivity index (χ4v) is 2.42. The van der Waals surface area contributed by atoms with Gasteiger partial charge >= 0.3 is 6.18 Å². The Labute approximate surface area is 149 Å². The lowest BCUT2D eigenvalue weighted by Gasteiger charge is -2.18. The standard InChI is InChI=1S/C19H17F3N4/c1-26(13-14-5-3-2-4-6-14)18-23-12-11-17(25-18)24-16-9-7-15(8-10-16)19(20,21)22/h2-12H,13H2,1H3,(H,23,24,25). The zero-order valence-corrected chi connectivity index (χ0v) is 14.0. The van der Waals surface area contributed by atoms with Crippen LogP contribution in [0.15, 0.2) is 66.9 Å². The summed E-state index contributed by atoms with van der Waals surface area (Å²) in [5.74, 6) is 1.03. The summed E-state index contributed by atoms with van der Waals surface area (Å²) in [6.07, 6.45) is -2.74. The third-order valence-corrected chi connectivity index (χ3v) is 3.73. The average Bonchev–Trinajstić information content (AvgIpc) is 2.62. The van der Waals surface area contributed by atoms with Crippen LogP contribution in [0.1, 0.15) is 11.1 Å². The fourth-order valence-electron chi connectivity index (χ4n) is 2.42. The van der Waals surface area contributed by atoms with Crippen LogP contribution in [0.4, 0.5) is 30.6 Å². The van der Waals surface area contributed by atoms with E-state index in [0.29, 0.717) is 24.0 Å². The van der Waals surface area contributed by atoms with E-state index in [9.17, 15) is 13.2 Å². The van der Waals surface area contributed by atoms with Gasteiger partial charge in [-0.15, -0.1) is 0 Å². The molecule has 0 radical (unpaired) electrons. The first-order valence-electron chi connectivity index (χ1n) is 7.94. The van der Waals surface area contributed by atoms with Crippen LogP contribution < -0.4 is 10.2 Å². The summed E-state index contributed by atoms with van der Waals surface area (Å²) >= 11 is 0. The van der Waals surface area contributed by atoms with E-state index >= 15 is 0 Å². The molecule has 3 rings (SSSR count). The molecule has 1 N–H and O–H groups in total. The van der Waals surface area contributed by atoms with E-state index in [0.717, 1.165) is 17.7 Å². The molecule has 0 fully saturated rings. The molecular formula is C19H17F3N4. The molecule has 1 heterocycles. The molecule has 3 aromatic rings. The summed E-state index contributed by atoms with van der Waals surface area (Å²) < 4.78 is 37.9. The molecular weight excluding hydrogens is 341 g/mol. The molecule has 4 nitrogen and oxygen atoms in total. The number of nitrogens with zero attached hydrogens (tertiary/aromatic N) is 3. The van der Waals surface area contributed by atoms with E-state index in [2.05, 4.69) is 15.3 Å². The normalized spacial score (nSPS) is 11.2. The molecule has 0 amide bonds. The molecule has 2 aromatic carbocycles. The summed E-state index contributed by atoms with van der Waals surface area (Å²) in [5.41, 5.74) is 0.960. The summed E-state index contributed by atoms with van der Waals surface area (Å²) in [6.45, 7) is 0.643. The maximum absolute atomic E-state index is 12.6. The summed E-state index contributed by atoms with van der Waals surface area (Å²) in [4.78, 5) is 10.6. The zero-order chi connectivity index (χ0) is 18.6. The molecule has 0 saturated heterocycles. The Hall–Kier alpha value is -3.09. The first-order chi connectivity index (χ1) is 12.4. The van der Waals surface area contributed by atoms with Crippen molar-refractivity contribution in [1.82, 2.24) is 9.97 Å². The predicted octanol–water partition coefficient (Wildman–Crippen LogP) is 4.88. The first-order valence-corrected chi connectivity index (χ1v) is 7.94. The van der Waals surface area contributed by atoms with Gasteiger partial charge in [0.05, 0.1) is 5.56 Å². The number of anilines is 3. The molecule has 7 heteroatoms.